The smallest absolute Gasteiger partial charge is 0.748 e. The molecule has 0 atom stereocenters. The Morgan fingerprint density at radius 3 is 0.810 bits per heavy atom. The fourth-order valence-electron chi connectivity index (χ4n) is 6.24. The zero-order chi connectivity index (χ0) is 45.9. The van der Waals surface area contributed by atoms with Gasteiger partial charge in [-0.3, -0.25) is 0 Å². The Labute approximate surface area is 406 Å². The molecule has 0 fully saturated rings. The van der Waals surface area contributed by atoms with E-state index < -0.39 is 55.6 Å². The summed E-state index contributed by atoms with van der Waals surface area (Å²) in [5.74, 6) is -3.48. The van der Waals surface area contributed by atoms with Crippen molar-refractivity contribution in [3.05, 3.63) is 70.8 Å². The molecule has 0 spiro atoms. The second-order valence-electron chi connectivity index (χ2n) is 15.2. The van der Waals surface area contributed by atoms with Crippen LogP contribution in [0.5, 0.6) is 0 Å². The topological polar surface area (TPSA) is 220 Å². The third-order valence-corrected chi connectivity index (χ3v) is 11.3. The Morgan fingerprint density at radius 1 is 0.381 bits per heavy atom. The van der Waals surface area contributed by atoms with E-state index >= 15 is 0 Å². The second-order valence-corrected chi connectivity index (χ2v) is 18.3. The molecule has 0 aliphatic heterocycles. The van der Waals surface area contributed by atoms with Crippen LogP contribution in [0.15, 0.2) is 48.5 Å². The van der Waals surface area contributed by atoms with Gasteiger partial charge in [-0.1, -0.05) is 141 Å². The van der Waals surface area contributed by atoms with Gasteiger partial charge >= 0.3 is 61.6 Å². The summed E-state index contributed by atoms with van der Waals surface area (Å²) in [7, 11) is -8.54. The molecule has 0 aliphatic rings. The maximum atomic E-state index is 12.4. The molecule has 0 radical (unpaired) electrons. The van der Waals surface area contributed by atoms with Gasteiger partial charge in [-0.2, -0.15) is 0 Å². The molecule has 0 aliphatic carbocycles. The molecular weight excluding hydrogens is 881 g/mol. The van der Waals surface area contributed by atoms with Crippen LogP contribution in [0.1, 0.15) is 197 Å². The normalized spacial score (nSPS) is 11.1. The molecule has 2 rings (SSSR count). The van der Waals surface area contributed by atoms with E-state index in [0.717, 1.165) is 38.5 Å². The van der Waals surface area contributed by atoms with Crippen molar-refractivity contribution in [3.8, 4) is 0 Å². The van der Waals surface area contributed by atoms with Crippen molar-refractivity contribution >= 4 is 81.9 Å². The number of hydrogen-bond donors (Lipinski definition) is 0. The zero-order valence-electron chi connectivity index (χ0n) is 37.7. The molecule has 17 heteroatoms. The summed E-state index contributed by atoms with van der Waals surface area (Å²) in [5, 5.41) is 0. The van der Waals surface area contributed by atoms with Gasteiger partial charge in [0.15, 0.2) is 0 Å². The summed E-state index contributed by atoms with van der Waals surface area (Å²) >= 11 is 0. The number of ether oxygens (including phenoxy) is 4. The molecule has 0 bridgehead atoms. The average Bonchev–Trinajstić information content (AvgIpc) is 3.23. The van der Waals surface area contributed by atoms with E-state index in [1.165, 1.54) is 101 Å². The van der Waals surface area contributed by atoms with Gasteiger partial charge in [0.1, 0.15) is 0 Å². The van der Waals surface area contributed by atoms with Crippen molar-refractivity contribution in [1.29, 1.82) is 0 Å². The first-order valence-electron chi connectivity index (χ1n) is 22.4. The van der Waals surface area contributed by atoms with Crippen molar-refractivity contribution in [2.75, 3.05) is 37.9 Å². The molecule has 0 saturated carbocycles. The van der Waals surface area contributed by atoms with Crippen molar-refractivity contribution in [2.24, 2.45) is 0 Å². The minimum atomic E-state index is -4.27. The summed E-state index contributed by atoms with van der Waals surface area (Å²) in [5.41, 5.74) is 0.503. The van der Waals surface area contributed by atoms with E-state index in [4.69, 9.17) is 18.9 Å². The number of rotatable bonds is 34. The van der Waals surface area contributed by atoms with E-state index in [2.05, 4.69) is 13.8 Å². The van der Waals surface area contributed by atoms with Crippen LogP contribution in [-0.2, 0) is 39.2 Å². The predicted octanol–water partition coefficient (Wildman–Crippen LogP) is 9.33. The van der Waals surface area contributed by atoms with E-state index in [0.29, 0.717) is 13.2 Å². The van der Waals surface area contributed by atoms with Crippen LogP contribution in [0.25, 0.3) is 0 Å². The molecule has 63 heavy (non-hydrogen) atoms. The molecule has 0 amide bonds. The monoisotopic (exact) mass is 950 g/mol. The van der Waals surface area contributed by atoms with Gasteiger partial charge in [0.05, 0.1) is 68.9 Å². The largest absolute Gasteiger partial charge is 2.00 e. The van der Waals surface area contributed by atoms with Crippen LogP contribution < -0.4 is 0 Å². The fraction of sp³-hybridized carbons (Fsp3) is 0.652. The number of benzene rings is 2. The summed E-state index contributed by atoms with van der Waals surface area (Å²) in [4.78, 5) is 49.2. The van der Waals surface area contributed by atoms with Gasteiger partial charge in [-0.05, 0) is 62.8 Å². The number of carbonyl (C=O) groups is 4. The van der Waals surface area contributed by atoms with Gasteiger partial charge < -0.3 is 28.1 Å². The SMILES string of the molecule is CCCCCCCCCCCOC(=O)c1ccccc1C(=O)OCCCCS(=O)(=O)[O-].CCCCCCCCCCCOC(=O)c1ccccc1C(=O)OCCCCS(=O)(=O)[O-].[Ca+2]. The van der Waals surface area contributed by atoms with Crippen LogP contribution in [0.4, 0.5) is 0 Å². The molecule has 2 aromatic rings. The molecule has 0 saturated heterocycles. The molecule has 352 valence electrons. The Bertz CT molecular complexity index is 1650. The summed E-state index contributed by atoms with van der Waals surface area (Å²) in [6, 6.07) is 12.5. The van der Waals surface area contributed by atoms with Crippen molar-refractivity contribution in [2.45, 2.75) is 155 Å². The third kappa shape index (κ3) is 32.7. The minimum absolute atomic E-state index is 0. The number of carbonyl (C=O) groups excluding carboxylic acids is 4. The van der Waals surface area contributed by atoms with Crippen LogP contribution >= 0.6 is 0 Å². The van der Waals surface area contributed by atoms with Crippen LogP contribution in [0.2, 0.25) is 0 Å². The van der Waals surface area contributed by atoms with Gasteiger partial charge in [-0.15, -0.1) is 0 Å². The van der Waals surface area contributed by atoms with Crippen molar-refractivity contribution in [3.63, 3.8) is 0 Å². The maximum Gasteiger partial charge on any atom is 2.00 e. The first-order valence-corrected chi connectivity index (χ1v) is 25.6. The molecular formula is C46H70CaO14S2. The summed E-state index contributed by atoms with van der Waals surface area (Å²) in [6.45, 7) is 4.96. The number of esters is 4. The average molecular weight is 951 g/mol. The Kier molecular flexibility index (Phi) is 36.1. The Balaban J connectivity index is 0.00000120. The molecule has 0 N–H and O–H groups in total. The van der Waals surface area contributed by atoms with E-state index in [9.17, 15) is 45.1 Å². The van der Waals surface area contributed by atoms with Crippen LogP contribution in [0, 0.1) is 0 Å². The van der Waals surface area contributed by atoms with Crippen molar-refractivity contribution in [1.82, 2.24) is 0 Å². The fourth-order valence-corrected chi connectivity index (χ4v) is 7.35. The number of unbranched alkanes of at least 4 members (excludes halogenated alkanes) is 18. The standard InChI is InChI=1S/2C23H36O7S.Ca/c2*1-2-3-4-5-6-7-8-9-12-17-29-22(24)20-15-10-11-16-21(20)23(25)30-18-13-14-19-31(26,27)28;/h2*10-11,15-16H,2-9,12-14,17-19H2,1H3,(H,26,27,28);/q;;+2/p-2. The van der Waals surface area contributed by atoms with Gasteiger partial charge in [0, 0.05) is 11.5 Å². The zero-order valence-corrected chi connectivity index (χ0v) is 41.5. The first-order chi connectivity index (χ1) is 29.7. The van der Waals surface area contributed by atoms with Crippen LogP contribution in [-0.4, -0.2) is 125 Å². The van der Waals surface area contributed by atoms with E-state index in [1.54, 1.807) is 24.3 Å². The molecule has 2 aromatic carbocycles. The molecule has 14 nitrogen and oxygen atoms in total. The molecule has 0 aromatic heterocycles. The Morgan fingerprint density at radius 2 is 0.587 bits per heavy atom. The molecule has 0 heterocycles. The summed E-state index contributed by atoms with van der Waals surface area (Å²) in [6.07, 6.45) is 21.7. The van der Waals surface area contributed by atoms with Crippen LogP contribution in [0.3, 0.4) is 0 Å². The van der Waals surface area contributed by atoms with E-state index in [1.807, 2.05) is 0 Å². The van der Waals surface area contributed by atoms with Crippen molar-refractivity contribution < 1.29 is 64.1 Å². The van der Waals surface area contributed by atoms with E-state index in [-0.39, 0.29) is 98.9 Å². The van der Waals surface area contributed by atoms with Gasteiger partial charge in [0.2, 0.25) is 0 Å². The third-order valence-electron chi connectivity index (χ3n) is 9.74. The van der Waals surface area contributed by atoms with Gasteiger partial charge in [-0.25, -0.2) is 36.0 Å². The number of hydrogen-bond acceptors (Lipinski definition) is 14. The minimum Gasteiger partial charge on any atom is -0.748 e. The second kappa shape index (κ2) is 37.6. The predicted molar refractivity (Wildman–Crippen MR) is 242 cm³/mol. The molecule has 0 unspecified atom stereocenters. The summed E-state index contributed by atoms with van der Waals surface area (Å²) < 4.78 is 84.2. The Hall–Kier alpha value is -2.60. The van der Waals surface area contributed by atoms with Gasteiger partial charge in [0.25, 0.3) is 0 Å². The maximum absolute atomic E-state index is 12.4. The quantitative estimate of drug-likeness (QED) is 0.0210. The first kappa shape index (κ1) is 60.4.